The van der Waals surface area contributed by atoms with Gasteiger partial charge in [-0.25, -0.2) is 0 Å². The molecular weight excluding hydrogens is 774 g/mol. The molecule has 0 unspecified atom stereocenters. The molecule has 0 atom stereocenters. The number of hydrogen-bond donors (Lipinski definition) is 0. The van der Waals surface area contributed by atoms with Crippen molar-refractivity contribution in [1.29, 1.82) is 0 Å². The average Bonchev–Trinajstić information content (AvgIpc) is 3.77. The lowest BCUT2D eigenvalue weighted by Crippen LogP contribution is -2.56. The normalized spacial score (nSPS) is 15.0. The van der Waals surface area contributed by atoms with Crippen molar-refractivity contribution in [3.63, 3.8) is 0 Å². The summed E-state index contributed by atoms with van der Waals surface area (Å²) in [5, 5.41) is 0. The van der Waals surface area contributed by atoms with Gasteiger partial charge in [-0.05, 0) is 114 Å². The van der Waals surface area contributed by atoms with Crippen LogP contribution in [0.4, 0.5) is 45.5 Å². The molecule has 7 aromatic carbocycles. The Labute approximate surface area is 382 Å². The molecule has 0 radical (unpaired) electrons. The Hall–Kier alpha value is -6.13. The van der Waals surface area contributed by atoms with Crippen LogP contribution in [0, 0.1) is 0 Å². The molecule has 0 aliphatic carbocycles. The zero-order valence-electron chi connectivity index (χ0n) is 39.8. The third kappa shape index (κ3) is 6.11. The Balaban J connectivity index is 1.25. The van der Waals surface area contributed by atoms with Gasteiger partial charge in [-0.1, -0.05) is 180 Å². The molecule has 0 fully saturated rings. The van der Waals surface area contributed by atoms with Crippen molar-refractivity contribution in [3.05, 3.63) is 168 Å². The Kier molecular flexibility index (Phi) is 8.69. The Morgan fingerprint density at radius 3 is 0.891 bits per heavy atom. The van der Waals surface area contributed by atoms with E-state index >= 15 is 0 Å². The Morgan fingerprint density at radius 2 is 0.562 bits per heavy atom. The number of para-hydroxylation sites is 2. The highest BCUT2D eigenvalue weighted by atomic mass is 15.3. The van der Waals surface area contributed by atoms with Gasteiger partial charge in [0, 0.05) is 33.9 Å². The van der Waals surface area contributed by atoms with Crippen molar-refractivity contribution in [2.75, 3.05) is 19.2 Å². The van der Waals surface area contributed by atoms with Crippen molar-refractivity contribution < 1.29 is 0 Å². The lowest BCUT2D eigenvalue weighted by Gasteiger charge is -2.38. The second-order valence-electron chi connectivity index (χ2n) is 22.8. The van der Waals surface area contributed by atoms with Gasteiger partial charge >= 0.3 is 14.0 Å². The zero-order valence-corrected chi connectivity index (χ0v) is 39.8. The van der Waals surface area contributed by atoms with Crippen LogP contribution in [0.25, 0.3) is 22.3 Å². The van der Waals surface area contributed by atoms with Crippen molar-refractivity contribution in [3.8, 4) is 22.3 Å². The van der Waals surface area contributed by atoms with Crippen LogP contribution in [0.2, 0.25) is 0 Å². The fourth-order valence-electron chi connectivity index (χ4n) is 10.7. The van der Waals surface area contributed by atoms with Gasteiger partial charge in [-0.15, -0.1) is 0 Å². The maximum Gasteiger partial charge on any atom is 0.421 e. The number of nitrogens with zero attached hydrogens (tertiary/aromatic N) is 4. The van der Waals surface area contributed by atoms with Gasteiger partial charge in [-0.3, -0.25) is 0 Å². The summed E-state index contributed by atoms with van der Waals surface area (Å²) in [4.78, 5) is 10.7. The second kappa shape index (κ2) is 13.7. The van der Waals surface area contributed by atoms with Crippen LogP contribution in [-0.4, -0.2) is 14.0 Å². The average molecular weight is 835 g/mol. The van der Waals surface area contributed by atoms with E-state index in [-0.39, 0.29) is 35.6 Å². The van der Waals surface area contributed by atoms with E-state index in [0.29, 0.717) is 0 Å². The molecule has 64 heavy (non-hydrogen) atoms. The number of rotatable bonds is 2. The lowest BCUT2D eigenvalue weighted by molar-refractivity contribution is 0.568. The van der Waals surface area contributed by atoms with E-state index in [0.717, 1.165) is 0 Å². The summed E-state index contributed by atoms with van der Waals surface area (Å²) in [5.74, 6) is 0. The molecule has 4 aliphatic heterocycles. The topological polar surface area (TPSA) is 13.0 Å². The van der Waals surface area contributed by atoms with E-state index in [4.69, 9.17) is 0 Å². The number of fused-ring (bicyclic) bond motifs is 16. The molecule has 0 saturated carbocycles. The first-order valence-corrected chi connectivity index (χ1v) is 23.3. The highest BCUT2D eigenvalue weighted by Crippen LogP contribution is 2.59. The predicted molar refractivity (Wildman–Crippen MR) is 277 cm³/mol. The SMILES string of the molecule is CC(C)(C)c1cc(N2B3c4ccccc4-c4ccccc4N3c3cc4c(cc32)N2B(c3ccccc3-c3ccccc32)N4c2cc(C(C)(C)C)cc(C(C)(C)C)c2)cc(C(C)(C)C)c1. The molecule has 0 bridgehead atoms. The van der Waals surface area contributed by atoms with Crippen LogP contribution in [0.3, 0.4) is 0 Å². The summed E-state index contributed by atoms with van der Waals surface area (Å²) in [6.07, 6.45) is 0. The fourth-order valence-corrected chi connectivity index (χ4v) is 10.7. The fraction of sp³-hybridized carbons (Fsp3) is 0.276. The maximum absolute atomic E-state index is 2.67. The number of anilines is 8. The van der Waals surface area contributed by atoms with Crippen LogP contribution in [0.15, 0.2) is 146 Å². The maximum atomic E-state index is 2.67. The second-order valence-corrected chi connectivity index (χ2v) is 22.8. The van der Waals surface area contributed by atoms with Gasteiger partial charge in [0.15, 0.2) is 0 Å². The summed E-state index contributed by atoms with van der Waals surface area (Å²) >= 11 is 0. The minimum absolute atomic E-state index is 0.0423. The first kappa shape index (κ1) is 40.6. The van der Waals surface area contributed by atoms with Gasteiger partial charge in [-0.2, -0.15) is 0 Å². The molecule has 0 spiro atoms. The van der Waals surface area contributed by atoms with E-state index in [2.05, 4.69) is 248 Å². The third-order valence-electron chi connectivity index (χ3n) is 14.3. The number of hydrogen-bond acceptors (Lipinski definition) is 4. The van der Waals surface area contributed by atoms with Crippen LogP contribution in [-0.2, 0) is 21.7 Å². The molecule has 6 heteroatoms. The molecule has 318 valence electrons. The van der Waals surface area contributed by atoms with Crippen molar-refractivity contribution in [2.45, 2.75) is 105 Å². The van der Waals surface area contributed by atoms with Crippen molar-refractivity contribution in [1.82, 2.24) is 0 Å². The lowest BCUT2D eigenvalue weighted by atomic mass is 9.59. The van der Waals surface area contributed by atoms with Gasteiger partial charge in [0.1, 0.15) is 0 Å². The van der Waals surface area contributed by atoms with Crippen LogP contribution in [0.1, 0.15) is 105 Å². The Morgan fingerprint density at radius 1 is 0.281 bits per heavy atom. The molecule has 0 N–H and O–H groups in total. The largest absolute Gasteiger partial charge is 0.421 e. The van der Waals surface area contributed by atoms with Crippen LogP contribution in [0.5, 0.6) is 0 Å². The highest BCUT2D eigenvalue weighted by Gasteiger charge is 2.53. The summed E-state index contributed by atoms with van der Waals surface area (Å²) in [6.45, 7) is 28.0. The van der Waals surface area contributed by atoms with E-state index in [1.165, 1.54) is 101 Å². The minimum atomic E-state index is -0.0954. The van der Waals surface area contributed by atoms with E-state index in [9.17, 15) is 0 Å². The van der Waals surface area contributed by atoms with E-state index < -0.39 is 0 Å². The number of benzene rings is 7. The molecular formula is C58H60B2N4. The quantitative estimate of drug-likeness (QED) is 0.161. The predicted octanol–water partition coefficient (Wildman–Crippen LogP) is 14.2. The molecule has 0 aromatic heterocycles. The Bertz CT molecular complexity index is 2780. The first-order valence-electron chi connectivity index (χ1n) is 23.3. The smallest absolute Gasteiger partial charge is 0.360 e. The van der Waals surface area contributed by atoms with E-state index in [1.54, 1.807) is 0 Å². The molecule has 4 aliphatic rings. The molecule has 11 rings (SSSR count). The third-order valence-corrected chi connectivity index (χ3v) is 14.3. The first-order chi connectivity index (χ1) is 30.3. The van der Waals surface area contributed by atoms with Gasteiger partial charge in [0.2, 0.25) is 0 Å². The van der Waals surface area contributed by atoms with Crippen LogP contribution >= 0.6 is 0 Å². The van der Waals surface area contributed by atoms with E-state index in [1.807, 2.05) is 0 Å². The molecule has 4 heterocycles. The summed E-state index contributed by atoms with van der Waals surface area (Å²) in [7, 11) is 0. The van der Waals surface area contributed by atoms with Crippen LogP contribution < -0.4 is 30.2 Å². The van der Waals surface area contributed by atoms with Gasteiger partial charge in [0.05, 0.1) is 22.7 Å². The molecule has 7 aromatic rings. The van der Waals surface area contributed by atoms with Gasteiger partial charge < -0.3 is 19.2 Å². The standard InChI is InChI=1S/C58H60B2N4/c1-55(2,3)37-29-38(56(4,5)6)32-41(31-37)61-51-35-54-52(36-53(51)63-49-27-19-15-23-45(49)43-21-13-17-25-47(43)59(61)63)62(42-33-39(57(7,8)9)30-40(34-42)58(10,11)12)60-48-26-18-14-22-44(48)46-24-16-20-28-50(46)64(54)60/h13-36H,1-12H3. The van der Waals surface area contributed by atoms with Gasteiger partial charge in [0.25, 0.3) is 0 Å². The minimum Gasteiger partial charge on any atom is -0.360 e. The monoisotopic (exact) mass is 835 g/mol. The summed E-state index contributed by atoms with van der Waals surface area (Å²) in [6, 6.07) is 56.2. The van der Waals surface area contributed by atoms with Crippen molar-refractivity contribution >= 4 is 70.4 Å². The molecule has 4 nitrogen and oxygen atoms in total. The summed E-state index contributed by atoms with van der Waals surface area (Å²) < 4.78 is 0. The molecule has 0 saturated heterocycles. The van der Waals surface area contributed by atoms with Crippen molar-refractivity contribution in [2.24, 2.45) is 0 Å². The highest BCUT2D eigenvalue weighted by molar-refractivity contribution is 6.88. The molecule has 0 amide bonds. The summed E-state index contributed by atoms with van der Waals surface area (Å²) in [5.41, 5.74) is 22.8. The zero-order chi connectivity index (χ0) is 44.8.